The van der Waals surface area contributed by atoms with Crippen LogP contribution in [0.1, 0.15) is 24.4 Å². The van der Waals surface area contributed by atoms with Crippen LogP contribution in [0.5, 0.6) is 0 Å². The molecule has 2 unspecified atom stereocenters. The van der Waals surface area contributed by atoms with Crippen molar-refractivity contribution < 1.29 is 5.11 Å². The molecular weight excluding hydrogens is 218 g/mol. The lowest BCUT2D eigenvalue weighted by Crippen LogP contribution is -2.35. The first kappa shape index (κ1) is 12.0. The number of hydrogen-bond acceptors (Lipinski definition) is 3. The highest BCUT2D eigenvalue weighted by Crippen LogP contribution is 2.30. The lowest BCUT2D eigenvalue weighted by atomic mass is 9.96. The van der Waals surface area contributed by atoms with Crippen molar-refractivity contribution in [3.8, 4) is 0 Å². The van der Waals surface area contributed by atoms with E-state index >= 15 is 0 Å². The molecule has 0 spiro atoms. The fourth-order valence-electron chi connectivity index (χ4n) is 1.92. The molecule has 2 nitrogen and oxygen atoms in total. The van der Waals surface area contributed by atoms with E-state index in [0.717, 1.165) is 19.4 Å². The minimum atomic E-state index is -0.110. The number of hydrogen-bond donors (Lipinski definition) is 1. The second kappa shape index (κ2) is 5.12. The Morgan fingerprint density at radius 3 is 3.00 bits per heavy atom. The van der Waals surface area contributed by atoms with Crippen LogP contribution < -0.4 is 0 Å². The highest BCUT2D eigenvalue weighted by molar-refractivity contribution is 7.07. The first-order valence-electron chi connectivity index (χ1n) is 4.68. The molecule has 1 fully saturated rings. The van der Waals surface area contributed by atoms with Crippen LogP contribution >= 0.6 is 23.7 Å². The summed E-state index contributed by atoms with van der Waals surface area (Å²) in [5.41, 5.74) is 1.35. The average Bonchev–Trinajstić information content (AvgIpc) is 2.61. The molecular formula is C10H16ClNOS. The standard InChI is InChI=1S/C10H15NOS.ClH/c1-11-4-2-9(12)6-10(11)8-3-5-13-7-8;/h3,5,7,9-10,12H,2,4,6H2,1H3;1H. The van der Waals surface area contributed by atoms with Gasteiger partial charge in [-0.05, 0) is 42.3 Å². The smallest absolute Gasteiger partial charge is 0.0570 e. The highest BCUT2D eigenvalue weighted by atomic mass is 35.5. The Kier molecular flexibility index (Phi) is 4.38. The number of thiophene rings is 1. The first-order chi connectivity index (χ1) is 6.27. The number of aliphatic hydroxyl groups is 1. The predicted molar refractivity (Wildman–Crippen MR) is 62.2 cm³/mol. The van der Waals surface area contributed by atoms with Crippen molar-refractivity contribution in [1.29, 1.82) is 0 Å². The van der Waals surface area contributed by atoms with Crippen LogP contribution in [-0.2, 0) is 0 Å². The number of nitrogens with zero attached hydrogens (tertiary/aromatic N) is 1. The lowest BCUT2D eigenvalue weighted by molar-refractivity contribution is 0.0554. The van der Waals surface area contributed by atoms with Crippen molar-refractivity contribution in [2.45, 2.75) is 25.0 Å². The second-order valence-corrected chi connectivity index (χ2v) is 4.51. The van der Waals surface area contributed by atoms with E-state index < -0.39 is 0 Å². The van der Waals surface area contributed by atoms with E-state index in [1.54, 1.807) is 11.3 Å². The number of piperidine rings is 1. The third-order valence-corrected chi connectivity index (χ3v) is 3.47. The minimum Gasteiger partial charge on any atom is -0.393 e. The zero-order chi connectivity index (χ0) is 9.26. The zero-order valence-electron chi connectivity index (χ0n) is 8.22. The molecule has 4 heteroatoms. The van der Waals surface area contributed by atoms with Gasteiger partial charge in [0.25, 0.3) is 0 Å². The van der Waals surface area contributed by atoms with Crippen LogP contribution in [0.15, 0.2) is 16.8 Å². The highest BCUT2D eigenvalue weighted by Gasteiger charge is 2.25. The van der Waals surface area contributed by atoms with Crippen LogP contribution in [0.2, 0.25) is 0 Å². The maximum atomic E-state index is 9.57. The second-order valence-electron chi connectivity index (χ2n) is 3.73. The van der Waals surface area contributed by atoms with Crippen molar-refractivity contribution in [3.05, 3.63) is 22.4 Å². The van der Waals surface area contributed by atoms with Gasteiger partial charge in [0.15, 0.2) is 0 Å². The van der Waals surface area contributed by atoms with Crippen LogP contribution in [0, 0.1) is 0 Å². The third kappa shape index (κ3) is 2.48. The largest absolute Gasteiger partial charge is 0.393 e. The molecule has 2 rings (SSSR count). The summed E-state index contributed by atoms with van der Waals surface area (Å²) in [6.07, 6.45) is 1.69. The molecule has 2 atom stereocenters. The molecule has 0 bridgehead atoms. The lowest BCUT2D eigenvalue weighted by Gasteiger charge is -2.34. The van der Waals surface area contributed by atoms with Crippen LogP contribution in [-0.4, -0.2) is 29.7 Å². The summed E-state index contributed by atoms with van der Waals surface area (Å²) in [5, 5.41) is 13.9. The Balaban J connectivity index is 0.000000980. The SMILES string of the molecule is CN1CCC(O)CC1c1ccsc1.Cl. The van der Waals surface area contributed by atoms with Gasteiger partial charge in [0, 0.05) is 12.6 Å². The molecule has 1 aliphatic heterocycles. The van der Waals surface area contributed by atoms with Crippen LogP contribution in [0.4, 0.5) is 0 Å². The van der Waals surface area contributed by atoms with Gasteiger partial charge in [-0.1, -0.05) is 0 Å². The number of aliphatic hydroxyl groups excluding tert-OH is 1. The normalized spacial score (nSPS) is 28.4. The van der Waals surface area contributed by atoms with E-state index in [4.69, 9.17) is 0 Å². The predicted octanol–water partition coefficient (Wildman–Crippen LogP) is 2.30. The van der Waals surface area contributed by atoms with E-state index in [0.29, 0.717) is 6.04 Å². The molecule has 1 saturated heterocycles. The maximum Gasteiger partial charge on any atom is 0.0570 e. The monoisotopic (exact) mass is 233 g/mol. The van der Waals surface area contributed by atoms with Gasteiger partial charge in [0.05, 0.1) is 6.10 Å². The molecule has 1 aliphatic rings. The van der Waals surface area contributed by atoms with E-state index in [1.807, 2.05) is 0 Å². The van der Waals surface area contributed by atoms with Crippen molar-refractivity contribution in [2.75, 3.05) is 13.6 Å². The Labute approximate surface area is 95.0 Å². The Hall–Kier alpha value is -0.0900. The zero-order valence-corrected chi connectivity index (χ0v) is 9.85. The van der Waals surface area contributed by atoms with Gasteiger partial charge in [-0.2, -0.15) is 11.3 Å². The molecule has 0 amide bonds. The van der Waals surface area contributed by atoms with E-state index in [1.165, 1.54) is 5.56 Å². The van der Waals surface area contributed by atoms with Gasteiger partial charge in [-0.3, -0.25) is 4.90 Å². The molecule has 1 aromatic rings. The molecule has 80 valence electrons. The fourth-order valence-corrected chi connectivity index (χ4v) is 2.63. The molecule has 0 saturated carbocycles. The summed E-state index contributed by atoms with van der Waals surface area (Å²) in [5.74, 6) is 0. The number of likely N-dealkylation sites (tertiary alicyclic amines) is 1. The Bertz CT molecular complexity index is 265. The number of halogens is 1. The molecule has 1 N–H and O–H groups in total. The summed E-state index contributed by atoms with van der Waals surface area (Å²) in [4.78, 5) is 2.33. The molecule has 0 aliphatic carbocycles. The van der Waals surface area contributed by atoms with E-state index in [2.05, 4.69) is 28.8 Å². The van der Waals surface area contributed by atoms with Gasteiger partial charge in [-0.15, -0.1) is 12.4 Å². The Morgan fingerprint density at radius 2 is 2.36 bits per heavy atom. The van der Waals surface area contributed by atoms with Gasteiger partial charge >= 0.3 is 0 Å². The summed E-state index contributed by atoms with van der Waals surface area (Å²) in [6.45, 7) is 1.00. The van der Waals surface area contributed by atoms with Gasteiger partial charge in [0.2, 0.25) is 0 Å². The molecule has 0 aromatic carbocycles. The van der Waals surface area contributed by atoms with Crippen molar-refractivity contribution >= 4 is 23.7 Å². The minimum absolute atomic E-state index is 0. The molecule has 1 aromatic heterocycles. The molecule has 0 radical (unpaired) electrons. The van der Waals surface area contributed by atoms with Gasteiger partial charge < -0.3 is 5.11 Å². The van der Waals surface area contributed by atoms with Crippen LogP contribution in [0.3, 0.4) is 0 Å². The quantitative estimate of drug-likeness (QED) is 0.805. The van der Waals surface area contributed by atoms with Crippen molar-refractivity contribution in [3.63, 3.8) is 0 Å². The summed E-state index contributed by atoms with van der Waals surface area (Å²) in [7, 11) is 2.13. The van der Waals surface area contributed by atoms with E-state index in [9.17, 15) is 5.11 Å². The van der Waals surface area contributed by atoms with Crippen molar-refractivity contribution in [2.24, 2.45) is 0 Å². The maximum absolute atomic E-state index is 9.57. The van der Waals surface area contributed by atoms with Crippen LogP contribution in [0.25, 0.3) is 0 Å². The third-order valence-electron chi connectivity index (χ3n) is 2.77. The Morgan fingerprint density at radius 1 is 1.57 bits per heavy atom. The average molecular weight is 234 g/mol. The molecule has 14 heavy (non-hydrogen) atoms. The van der Waals surface area contributed by atoms with Crippen molar-refractivity contribution in [1.82, 2.24) is 4.90 Å². The number of rotatable bonds is 1. The van der Waals surface area contributed by atoms with Gasteiger partial charge in [-0.25, -0.2) is 0 Å². The van der Waals surface area contributed by atoms with E-state index in [-0.39, 0.29) is 18.5 Å². The topological polar surface area (TPSA) is 23.5 Å². The summed E-state index contributed by atoms with van der Waals surface area (Å²) >= 11 is 1.73. The van der Waals surface area contributed by atoms with Gasteiger partial charge in [0.1, 0.15) is 0 Å². The first-order valence-corrected chi connectivity index (χ1v) is 5.62. The summed E-state index contributed by atoms with van der Waals surface area (Å²) < 4.78 is 0. The molecule has 2 heterocycles. The summed E-state index contributed by atoms with van der Waals surface area (Å²) in [6, 6.07) is 2.58. The fraction of sp³-hybridized carbons (Fsp3) is 0.600.